The second kappa shape index (κ2) is 25.1. The molecule has 8 aromatic rings. The average molecular weight is 1000 g/mol. The van der Waals surface area contributed by atoms with E-state index in [1.54, 1.807) is 18.2 Å². The number of carboxylic acids is 2. The van der Waals surface area contributed by atoms with E-state index < -0.39 is 49.2 Å². The van der Waals surface area contributed by atoms with Gasteiger partial charge in [-0.15, -0.1) is 0 Å². The number of unbranched alkanes of at least 4 members (excludes halogenated alkanes) is 2. The zero-order valence-electron chi connectivity index (χ0n) is 41.2. The van der Waals surface area contributed by atoms with Crippen molar-refractivity contribution in [3.8, 4) is 22.3 Å². The highest BCUT2D eigenvalue weighted by atomic mass is 19.1. The topological polar surface area (TPSA) is 216 Å². The lowest BCUT2D eigenvalue weighted by atomic mass is 9.98. The van der Waals surface area contributed by atoms with Crippen molar-refractivity contribution in [2.24, 2.45) is 14.1 Å². The SMILES string of the molecule is Cn1c([C@H](CCCCC(=N)CF)NC(=O)c2cc(-c3ccccc3)ccc2C(=O)O)nc2ccccc21.Cn1c([C@H](CCCCC(=N)CF)NC(=O)c2ccc(-c3ccccc3)cc2C(=O)O)nc2ccccc21. The Morgan fingerprint density at radius 1 is 0.500 bits per heavy atom. The summed E-state index contributed by atoms with van der Waals surface area (Å²) in [6.45, 7) is -1.53. The number of para-hydroxylation sites is 4. The first-order valence-corrected chi connectivity index (χ1v) is 24.3. The van der Waals surface area contributed by atoms with Crippen LogP contribution in [0.4, 0.5) is 8.78 Å². The monoisotopic (exact) mass is 1000 g/mol. The van der Waals surface area contributed by atoms with Crippen LogP contribution >= 0.6 is 0 Å². The third-order valence-electron chi connectivity index (χ3n) is 12.8. The highest BCUT2D eigenvalue weighted by Crippen LogP contribution is 2.29. The minimum atomic E-state index is -1.19. The van der Waals surface area contributed by atoms with Gasteiger partial charge in [0.2, 0.25) is 0 Å². The third-order valence-corrected chi connectivity index (χ3v) is 12.8. The molecule has 74 heavy (non-hydrogen) atoms. The number of rotatable bonds is 22. The molecule has 2 amide bonds. The molecule has 0 aliphatic carbocycles. The molecule has 0 saturated carbocycles. The molecule has 0 aliphatic rings. The van der Waals surface area contributed by atoms with E-state index in [-0.39, 0.29) is 33.7 Å². The van der Waals surface area contributed by atoms with Crippen molar-refractivity contribution in [2.45, 2.75) is 63.5 Å². The molecule has 2 aromatic heterocycles. The number of fused-ring (bicyclic) bond motifs is 2. The maximum Gasteiger partial charge on any atom is 0.336 e. The number of amides is 2. The van der Waals surface area contributed by atoms with Crippen molar-refractivity contribution < 1.29 is 38.2 Å². The summed E-state index contributed by atoms with van der Waals surface area (Å²) in [5, 5.41) is 40.8. The first-order chi connectivity index (χ1) is 35.8. The largest absolute Gasteiger partial charge is 0.478 e. The minimum Gasteiger partial charge on any atom is -0.478 e. The summed E-state index contributed by atoms with van der Waals surface area (Å²) >= 11 is 0. The predicted octanol–water partition coefficient (Wildman–Crippen LogP) is 11.9. The molecule has 16 heteroatoms. The number of alkyl halides is 2. The summed E-state index contributed by atoms with van der Waals surface area (Å²) in [5.74, 6) is -2.10. The van der Waals surface area contributed by atoms with Gasteiger partial charge in [0, 0.05) is 25.5 Å². The molecular weight excluding hydrogens is 943 g/mol. The van der Waals surface area contributed by atoms with Crippen LogP contribution in [-0.2, 0) is 14.1 Å². The van der Waals surface area contributed by atoms with Gasteiger partial charge in [0.15, 0.2) is 0 Å². The highest BCUT2D eigenvalue weighted by Gasteiger charge is 2.27. The number of halogens is 2. The quantitative estimate of drug-likeness (QED) is 0.0283. The second-order valence-corrected chi connectivity index (χ2v) is 17.9. The Labute approximate surface area is 427 Å². The molecule has 0 saturated heterocycles. The number of hydrogen-bond acceptors (Lipinski definition) is 8. The lowest BCUT2D eigenvalue weighted by Gasteiger charge is -2.20. The molecule has 8 rings (SSSR count). The van der Waals surface area contributed by atoms with Crippen LogP contribution in [0, 0.1) is 10.8 Å². The fourth-order valence-electron chi connectivity index (χ4n) is 8.92. The van der Waals surface area contributed by atoms with Gasteiger partial charge in [-0.2, -0.15) is 0 Å². The summed E-state index contributed by atoms with van der Waals surface area (Å²) < 4.78 is 29.2. The molecule has 0 spiro atoms. The number of hydrogen-bond donors (Lipinski definition) is 6. The van der Waals surface area contributed by atoms with E-state index in [2.05, 4.69) is 10.6 Å². The Morgan fingerprint density at radius 3 is 1.31 bits per heavy atom. The van der Waals surface area contributed by atoms with Crippen molar-refractivity contribution in [3.05, 3.63) is 179 Å². The number of imidazole rings is 2. The Bertz CT molecular complexity index is 3300. The molecule has 14 nitrogen and oxygen atoms in total. The van der Waals surface area contributed by atoms with Crippen LogP contribution < -0.4 is 10.6 Å². The third kappa shape index (κ3) is 13.1. The molecule has 6 N–H and O–H groups in total. The number of carbonyl (C=O) groups is 4. The van der Waals surface area contributed by atoms with Crippen LogP contribution in [0.2, 0.25) is 0 Å². The first kappa shape index (κ1) is 53.1. The van der Waals surface area contributed by atoms with Crippen LogP contribution in [0.25, 0.3) is 44.3 Å². The Hall–Kier alpha value is -8.66. The number of aromatic carboxylic acids is 2. The summed E-state index contributed by atoms with van der Waals surface area (Å²) in [7, 11) is 3.75. The van der Waals surface area contributed by atoms with Gasteiger partial charge in [0.25, 0.3) is 11.8 Å². The van der Waals surface area contributed by atoms with E-state index in [0.29, 0.717) is 68.6 Å². The van der Waals surface area contributed by atoms with Gasteiger partial charge >= 0.3 is 11.9 Å². The maximum atomic E-state index is 13.6. The van der Waals surface area contributed by atoms with E-state index in [9.17, 15) is 38.2 Å². The molecule has 2 atom stereocenters. The van der Waals surface area contributed by atoms with Crippen LogP contribution in [0.1, 0.15) is 117 Å². The van der Waals surface area contributed by atoms with E-state index in [0.717, 1.165) is 38.8 Å². The van der Waals surface area contributed by atoms with Gasteiger partial charge in [0.1, 0.15) is 25.0 Å². The number of carbonyl (C=O) groups excluding carboxylic acids is 2. The van der Waals surface area contributed by atoms with Gasteiger partial charge in [-0.05, 0) is 109 Å². The van der Waals surface area contributed by atoms with Crippen LogP contribution in [-0.4, -0.2) is 77.8 Å². The molecule has 0 fully saturated rings. The Balaban J connectivity index is 0.000000216. The fourth-order valence-corrected chi connectivity index (χ4v) is 8.92. The standard InChI is InChI=1S/2C29H29FN4O3/c1-34-26-14-8-7-12-24(26)32-27(34)25(13-6-5-11-21(31)18-30)33-28(35)23-17-20(15-16-22(23)29(36)37)19-9-3-2-4-10-19;1-34-26-14-8-7-12-24(26)32-27(34)25(13-6-5-11-21(31)18-30)33-28(35)22-16-15-20(17-23(22)29(36)37)19-9-3-2-4-10-19/h2*2-4,7-10,12,14-17,25,31H,5-6,11,13,18H2,1H3,(H,33,35)(H,36,37)/t2*25-/m00/s1. The number of benzene rings is 6. The number of aryl methyl sites for hydroxylation is 2. The average Bonchev–Trinajstić information content (AvgIpc) is 3.95. The van der Waals surface area contributed by atoms with Gasteiger partial charge in [0.05, 0.1) is 56.4 Å². The summed E-state index contributed by atoms with van der Waals surface area (Å²) in [4.78, 5) is 60.5. The minimum absolute atomic E-state index is 0.0483. The number of carboxylic acid groups (broad SMARTS) is 2. The van der Waals surface area contributed by atoms with Gasteiger partial charge in [-0.25, -0.2) is 28.3 Å². The van der Waals surface area contributed by atoms with Gasteiger partial charge in [-0.3, -0.25) is 9.59 Å². The Morgan fingerprint density at radius 2 is 0.892 bits per heavy atom. The fraction of sp³-hybridized carbons (Fsp3) is 0.241. The van der Waals surface area contributed by atoms with E-state index in [4.69, 9.17) is 20.8 Å². The number of nitrogens with one attached hydrogen (secondary N) is 4. The summed E-state index contributed by atoms with van der Waals surface area (Å²) in [5.41, 5.74) is 6.62. The van der Waals surface area contributed by atoms with Crippen molar-refractivity contribution in [3.63, 3.8) is 0 Å². The first-order valence-electron chi connectivity index (χ1n) is 24.3. The molecule has 2 heterocycles. The lowest BCUT2D eigenvalue weighted by Crippen LogP contribution is -2.31. The van der Waals surface area contributed by atoms with Gasteiger partial charge < -0.3 is 40.8 Å². The Kier molecular flexibility index (Phi) is 18.1. The zero-order chi connectivity index (χ0) is 52.7. The van der Waals surface area contributed by atoms with Crippen LogP contribution in [0.5, 0.6) is 0 Å². The number of nitrogens with zero attached hydrogens (tertiary/aromatic N) is 4. The van der Waals surface area contributed by atoms with E-state index in [1.807, 2.05) is 132 Å². The molecule has 0 radical (unpaired) electrons. The molecule has 6 aromatic carbocycles. The highest BCUT2D eigenvalue weighted by molar-refractivity contribution is 6.07. The number of aromatic nitrogens is 4. The smallest absolute Gasteiger partial charge is 0.336 e. The maximum absolute atomic E-state index is 13.6. The normalized spacial score (nSPS) is 11.8. The summed E-state index contributed by atoms with van der Waals surface area (Å²) in [6.07, 6.45) is 4.18. The van der Waals surface area contributed by atoms with Crippen molar-refractivity contribution in [1.29, 1.82) is 10.8 Å². The van der Waals surface area contributed by atoms with Crippen molar-refractivity contribution in [2.75, 3.05) is 13.3 Å². The van der Waals surface area contributed by atoms with E-state index in [1.165, 1.54) is 18.2 Å². The lowest BCUT2D eigenvalue weighted by molar-refractivity contribution is 0.0682. The van der Waals surface area contributed by atoms with Crippen molar-refractivity contribution >= 4 is 57.2 Å². The summed E-state index contributed by atoms with van der Waals surface area (Å²) in [6, 6.07) is 42.6. The molecule has 0 aliphatic heterocycles. The van der Waals surface area contributed by atoms with Crippen molar-refractivity contribution in [1.82, 2.24) is 29.7 Å². The molecule has 0 unspecified atom stereocenters. The van der Waals surface area contributed by atoms with Gasteiger partial charge in [-0.1, -0.05) is 110 Å². The molecule has 0 bridgehead atoms. The van der Waals surface area contributed by atoms with Crippen LogP contribution in [0.3, 0.4) is 0 Å². The molecule has 380 valence electrons. The predicted molar refractivity (Wildman–Crippen MR) is 284 cm³/mol. The second-order valence-electron chi connectivity index (χ2n) is 17.9. The van der Waals surface area contributed by atoms with Crippen LogP contribution in [0.15, 0.2) is 146 Å². The van der Waals surface area contributed by atoms with E-state index >= 15 is 0 Å². The zero-order valence-corrected chi connectivity index (χ0v) is 41.2. The molecular formula is C58H58F2N8O6.